The highest BCUT2D eigenvalue weighted by Gasteiger charge is 2.24. The molecule has 0 spiro atoms. The average Bonchev–Trinajstić information content (AvgIpc) is 2.33. The predicted octanol–water partition coefficient (Wildman–Crippen LogP) is 2.33. The average molecular weight is 261 g/mol. The van der Waals surface area contributed by atoms with Gasteiger partial charge in [0.25, 0.3) is 0 Å². The molecule has 104 valence electrons. The van der Waals surface area contributed by atoms with Crippen molar-refractivity contribution < 1.29 is 4.79 Å². The summed E-state index contributed by atoms with van der Waals surface area (Å²) >= 11 is 0. The number of hydrogen-bond acceptors (Lipinski definition) is 3. The first-order chi connectivity index (χ1) is 9.04. The lowest BCUT2D eigenvalue weighted by Crippen LogP contribution is -2.44. The quantitative estimate of drug-likeness (QED) is 0.821. The third-order valence-corrected chi connectivity index (χ3v) is 3.79. The Morgan fingerprint density at radius 2 is 2.26 bits per heavy atom. The molecule has 1 heterocycles. The summed E-state index contributed by atoms with van der Waals surface area (Å²) in [4.78, 5) is 14.3. The molecule has 2 unspecified atom stereocenters. The van der Waals surface area contributed by atoms with E-state index in [4.69, 9.17) is 5.73 Å². The summed E-state index contributed by atoms with van der Waals surface area (Å²) in [5.41, 5.74) is 7.13. The highest BCUT2D eigenvalue weighted by atomic mass is 16.2. The fraction of sp³-hybridized carbons (Fsp3) is 0.533. The Morgan fingerprint density at radius 3 is 2.95 bits per heavy atom. The molecule has 3 N–H and O–H groups in total. The second-order valence-electron chi connectivity index (χ2n) is 5.62. The van der Waals surface area contributed by atoms with Gasteiger partial charge in [0.05, 0.1) is 6.54 Å². The van der Waals surface area contributed by atoms with Crippen molar-refractivity contribution in [2.45, 2.75) is 32.7 Å². The van der Waals surface area contributed by atoms with Crippen LogP contribution in [0.25, 0.3) is 0 Å². The van der Waals surface area contributed by atoms with Gasteiger partial charge in [-0.1, -0.05) is 13.0 Å². The molecular formula is C15H23N3O. The van der Waals surface area contributed by atoms with E-state index in [1.807, 2.05) is 18.2 Å². The zero-order valence-corrected chi connectivity index (χ0v) is 11.7. The number of hydrogen-bond donors (Lipinski definition) is 2. The molecule has 2 atom stereocenters. The molecule has 1 aliphatic heterocycles. The number of carbonyl (C=O) groups is 1. The van der Waals surface area contributed by atoms with Gasteiger partial charge in [-0.05, 0) is 50.4 Å². The van der Waals surface area contributed by atoms with Gasteiger partial charge in [0.1, 0.15) is 0 Å². The molecule has 0 saturated carbocycles. The Kier molecular flexibility index (Phi) is 4.43. The van der Waals surface area contributed by atoms with Crippen molar-refractivity contribution >= 4 is 17.3 Å². The van der Waals surface area contributed by atoms with E-state index in [2.05, 4.69) is 24.1 Å². The van der Waals surface area contributed by atoms with E-state index in [1.54, 1.807) is 6.07 Å². The smallest absolute Gasteiger partial charge is 0.238 e. The van der Waals surface area contributed by atoms with Crippen LogP contribution in [0.3, 0.4) is 0 Å². The summed E-state index contributed by atoms with van der Waals surface area (Å²) in [5.74, 6) is 0.801. The van der Waals surface area contributed by atoms with Crippen LogP contribution in [0.1, 0.15) is 26.7 Å². The fourth-order valence-corrected chi connectivity index (χ4v) is 2.69. The second kappa shape index (κ2) is 6.06. The largest absolute Gasteiger partial charge is 0.399 e. The molecule has 1 aliphatic rings. The maximum Gasteiger partial charge on any atom is 0.238 e. The Bertz CT molecular complexity index is 447. The van der Waals surface area contributed by atoms with Crippen molar-refractivity contribution in [3.05, 3.63) is 24.3 Å². The van der Waals surface area contributed by atoms with Crippen LogP contribution < -0.4 is 11.1 Å². The first-order valence-corrected chi connectivity index (χ1v) is 6.94. The molecule has 1 saturated heterocycles. The number of piperidine rings is 1. The Hall–Kier alpha value is -1.55. The van der Waals surface area contributed by atoms with Gasteiger partial charge >= 0.3 is 0 Å². The lowest BCUT2D eigenvalue weighted by atomic mass is 9.93. The number of likely N-dealkylation sites (tertiary alicyclic amines) is 1. The van der Waals surface area contributed by atoms with Crippen LogP contribution in [0.15, 0.2) is 24.3 Å². The van der Waals surface area contributed by atoms with E-state index >= 15 is 0 Å². The van der Waals surface area contributed by atoms with Crippen molar-refractivity contribution in [1.29, 1.82) is 0 Å². The minimum absolute atomic E-state index is 0.0343. The number of nitrogens with zero attached hydrogens (tertiary/aromatic N) is 1. The molecule has 1 amide bonds. The summed E-state index contributed by atoms with van der Waals surface area (Å²) < 4.78 is 0. The predicted molar refractivity (Wildman–Crippen MR) is 78.9 cm³/mol. The molecular weight excluding hydrogens is 238 g/mol. The SMILES string of the molecule is CC1CCN(CC(=O)Nc2cccc(N)c2)C(C)C1. The second-order valence-corrected chi connectivity index (χ2v) is 5.62. The zero-order chi connectivity index (χ0) is 13.8. The highest BCUT2D eigenvalue weighted by Crippen LogP contribution is 2.21. The third kappa shape index (κ3) is 3.96. The van der Waals surface area contributed by atoms with Crippen LogP contribution in [0.5, 0.6) is 0 Å². The molecule has 0 radical (unpaired) electrons. The first-order valence-electron chi connectivity index (χ1n) is 6.94. The molecule has 19 heavy (non-hydrogen) atoms. The van der Waals surface area contributed by atoms with E-state index in [9.17, 15) is 4.79 Å². The van der Waals surface area contributed by atoms with Crippen LogP contribution in [0.2, 0.25) is 0 Å². The maximum atomic E-state index is 12.0. The van der Waals surface area contributed by atoms with E-state index in [0.29, 0.717) is 18.3 Å². The number of carbonyl (C=O) groups excluding carboxylic acids is 1. The van der Waals surface area contributed by atoms with Crippen molar-refractivity contribution in [1.82, 2.24) is 4.90 Å². The number of anilines is 2. The molecule has 0 aromatic heterocycles. The van der Waals surface area contributed by atoms with Gasteiger partial charge in [0, 0.05) is 17.4 Å². The van der Waals surface area contributed by atoms with Crippen LogP contribution in [0.4, 0.5) is 11.4 Å². The van der Waals surface area contributed by atoms with Gasteiger partial charge in [-0.2, -0.15) is 0 Å². The summed E-state index contributed by atoms with van der Waals surface area (Å²) in [6, 6.07) is 7.77. The number of rotatable bonds is 3. The summed E-state index contributed by atoms with van der Waals surface area (Å²) in [6.45, 7) is 5.94. The van der Waals surface area contributed by atoms with Gasteiger partial charge in [-0.3, -0.25) is 9.69 Å². The van der Waals surface area contributed by atoms with E-state index in [-0.39, 0.29) is 5.91 Å². The zero-order valence-electron chi connectivity index (χ0n) is 11.7. The van der Waals surface area contributed by atoms with E-state index in [0.717, 1.165) is 18.2 Å². The fourth-order valence-electron chi connectivity index (χ4n) is 2.69. The molecule has 2 rings (SSSR count). The van der Waals surface area contributed by atoms with Crippen molar-refractivity contribution in [2.75, 3.05) is 24.1 Å². The Labute approximate surface area is 115 Å². The molecule has 1 fully saturated rings. The Morgan fingerprint density at radius 1 is 1.47 bits per heavy atom. The van der Waals surface area contributed by atoms with Crippen LogP contribution in [-0.4, -0.2) is 29.9 Å². The summed E-state index contributed by atoms with van der Waals surface area (Å²) in [7, 11) is 0. The monoisotopic (exact) mass is 261 g/mol. The highest BCUT2D eigenvalue weighted by molar-refractivity contribution is 5.92. The number of nitrogens with two attached hydrogens (primary N) is 1. The van der Waals surface area contributed by atoms with Crippen LogP contribution >= 0.6 is 0 Å². The van der Waals surface area contributed by atoms with Crippen molar-refractivity contribution in [3.8, 4) is 0 Å². The number of amides is 1. The summed E-state index contributed by atoms with van der Waals surface area (Å²) in [5, 5.41) is 2.90. The molecule has 1 aromatic carbocycles. The lowest BCUT2D eigenvalue weighted by molar-refractivity contribution is -0.118. The van der Waals surface area contributed by atoms with Gasteiger partial charge in [0.2, 0.25) is 5.91 Å². The van der Waals surface area contributed by atoms with Gasteiger partial charge in [0.15, 0.2) is 0 Å². The van der Waals surface area contributed by atoms with E-state index in [1.165, 1.54) is 12.8 Å². The maximum absolute atomic E-state index is 12.0. The number of benzene rings is 1. The molecule has 4 heteroatoms. The lowest BCUT2D eigenvalue weighted by Gasteiger charge is -2.35. The normalized spacial score (nSPS) is 24.1. The number of nitrogen functional groups attached to an aromatic ring is 1. The van der Waals surface area contributed by atoms with Gasteiger partial charge in [-0.15, -0.1) is 0 Å². The van der Waals surface area contributed by atoms with Crippen LogP contribution in [-0.2, 0) is 4.79 Å². The minimum atomic E-state index is 0.0343. The van der Waals surface area contributed by atoms with E-state index < -0.39 is 0 Å². The van der Waals surface area contributed by atoms with Gasteiger partial charge < -0.3 is 11.1 Å². The van der Waals surface area contributed by atoms with Crippen LogP contribution in [0, 0.1) is 5.92 Å². The van der Waals surface area contributed by atoms with Crippen molar-refractivity contribution in [3.63, 3.8) is 0 Å². The third-order valence-electron chi connectivity index (χ3n) is 3.79. The Balaban J connectivity index is 1.87. The molecule has 1 aromatic rings. The molecule has 4 nitrogen and oxygen atoms in total. The molecule has 0 aliphatic carbocycles. The first kappa shape index (κ1) is 13.9. The van der Waals surface area contributed by atoms with Gasteiger partial charge in [-0.25, -0.2) is 0 Å². The minimum Gasteiger partial charge on any atom is -0.399 e. The van der Waals surface area contributed by atoms with Crippen molar-refractivity contribution in [2.24, 2.45) is 5.92 Å². The molecule has 0 bridgehead atoms. The topological polar surface area (TPSA) is 58.4 Å². The summed E-state index contributed by atoms with van der Waals surface area (Å²) in [6.07, 6.45) is 2.35. The number of nitrogens with one attached hydrogen (secondary N) is 1. The standard InChI is InChI=1S/C15H23N3O/c1-11-6-7-18(12(2)8-11)10-15(19)17-14-5-3-4-13(16)9-14/h3-5,9,11-12H,6-8,10,16H2,1-2H3,(H,17,19).